The molecule has 20 nitrogen and oxygen atoms in total. The van der Waals surface area contributed by atoms with Crippen molar-refractivity contribution in [1.82, 2.24) is 28.8 Å². The number of carbonyl (C=O) groups is 3. The van der Waals surface area contributed by atoms with E-state index in [0.717, 1.165) is 19.2 Å². The highest BCUT2D eigenvalue weighted by atomic mass is 35.5. The van der Waals surface area contributed by atoms with Gasteiger partial charge in [-0.05, 0) is 63.4 Å². The largest absolute Gasteiger partial charge is 0.480 e. The Morgan fingerprint density at radius 2 is 1.63 bits per heavy atom. The molecule has 2 amide bonds. The van der Waals surface area contributed by atoms with Crippen LogP contribution in [0.1, 0.15) is 54.1 Å². The van der Waals surface area contributed by atoms with E-state index in [2.05, 4.69) is 20.3 Å². The number of carboxylic acid groups (broad SMARTS) is 1. The molecule has 29 heteroatoms. The lowest BCUT2D eigenvalue weighted by atomic mass is 10.1. The third-order valence-corrected chi connectivity index (χ3v) is 10.7. The zero-order chi connectivity index (χ0) is 49.8. The summed E-state index contributed by atoms with van der Waals surface area (Å²) in [5.74, 6) is -1.98. The van der Waals surface area contributed by atoms with Crippen molar-refractivity contribution < 1.29 is 73.2 Å². The van der Waals surface area contributed by atoms with Crippen LogP contribution >= 0.6 is 19.0 Å². The minimum Gasteiger partial charge on any atom is -0.480 e. The van der Waals surface area contributed by atoms with Crippen LogP contribution in [0, 0.1) is 6.92 Å². The van der Waals surface area contributed by atoms with E-state index in [0.29, 0.717) is 15.2 Å². The third kappa shape index (κ3) is 17.9. The number of nitrogens with one attached hydrogen (secondary N) is 2. The minimum absolute atomic E-state index is 0.0104. The molecule has 65 heavy (non-hydrogen) atoms. The Morgan fingerprint density at radius 3 is 2.17 bits per heavy atom. The minimum atomic E-state index is -4.86. The molecule has 358 valence electrons. The lowest BCUT2D eigenvalue weighted by molar-refractivity contribution is -0.144. The van der Waals surface area contributed by atoms with Crippen molar-refractivity contribution in [2.24, 2.45) is 12.8 Å². The first-order chi connectivity index (χ1) is 29.8. The molecule has 2 heterocycles. The van der Waals surface area contributed by atoms with Crippen LogP contribution in [-0.4, -0.2) is 98.7 Å². The summed E-state index contributed by atoms with van der Waals surface area (Å²) in [6.45, 7) is 5.92. The molecule has 0 saturated carbocycles. The van der Waals surface area contributed by atoms with E-state index >= 15 is 0 Å². The Kier molecular flexibility index (Phi) is 19.4. The second-order valence-electron chi connectivity index (χ2n) is 13.6. The van der Waals surface area contributed by atoms with Gasteiger partial charge in [-0.15, -0.1) is 0 Å². The average Bonchev–Trinajstić information content (AvgIpc) is 3.16. The molecule has 0 radical (unpaired) electrons. The number of aryl methyl sites for hydroxylation is 2. The van der Waals surface area contributed by atoms with E-state index in [1.165, 1.54) is 51.0 Å². The number of hydrogen-bond donors (Lipinski definition) is 5. The number of esters is 1. The molecule has 0 saturated heterocycles. The fraction of sp³-hybridized carbons (Fsp3) is 0.389. The molecule has 0 bridgehead atoms. The van der Waals surface area contributed by atoms with Crippen LogP contribution in [0.15, 0.2) is 63.0 Å². The normalized spacial score (nSPS) is 12.9. The van der Waals surface area contributed by atoms with E-state index < -0.39 is 94.5 Å². The number of ether oxygens (including phenoxy) is 2. The second-order valence-corrected chi connectivity index (χ2v) is 18.3. The number of amides is 2. The van der Waals surface area contributed by atoms with Crippen molar-refractivity contribution in [1.29, 1.82) is 0 Å². The Hall–Kier alpha value is -5.89. The predicted octanol–water partition coefficient (Wildman–Crippen LogP) is 4.66. The zero-order valence-electron chi connectivity index (χ0n) is 34.9. The molecule has 4 rings (SSSR count). The van der Waals surface area contributed by atoms with E-state index in [4.69, 9.17) is 36.8 Å². The summed E-state index contributed by atoms with van der Waals surface area (Å²) >= 11 is 5.94. The summed E-state index contributed by atoms with van der Waals surface area (Å²) in [6, 6.07) is 6.69. The number of sulfonamides is 1. The molecule has 0 aliphatic carbocycles. The first kappa shape index (κ1) is 55.2. The summed E-state index contributed by atoms with van der Waals surface area (Å²) in [6.07, 6.45) is -11.5. The van der Waals surface area contributed by atoms with Gasteiger partial charge in [-0.2, -0.15) is 41.3 Å². The number of methoxy groups -OCH3 is 1. The lowest BCUT2D eigenvalue weighted by Gasteiger charge is -2.15. The SMILES string of the molecule is CC(C)OC(=O)c1cc(-n2c(=O)cc(C(F)(F)F)n(C)c2=O)ccc1Cl.COc1nc(C)nc(NC(=O)NS(=O)(=O)c2ccccc2CCC(F)(F)F)n1.CP(=O)(O)CCC(N)C(=O)O. The van der Waals surface area contributed by atoms with Crippen molar-refractivity contribution in [3.8, 4) is 11.7 Å². The number of aromatic nitrogens is 5. The standard InChI is InChI=1S/C16H14ClF3N2O4.C15H16F3N5O4S.C5H12NO4P/c1-8(2)26-14(24)10-6-9(4-5-11(10)17)22-13(23)7-12(16(18,19)20)21(3)15(22)25;1-9-19-12(22-14(20-9)27-2)21-13(24)23-28(25,26)11-6-4-3-5-10(11)7-8-15(16,17)18;1-11(9,10)3-2-4(6)5(7)8/h4-8H,1-3H3;3-6H,7-8H2,1-2H3,(H2,19,20,21,22,23,24);4H,2-3,6H2,1H3,(H,7,8)(H,9,10). The van der Waals surface area contributed by atoms with Crippen LogP contribution in [0.5, 0.6) is 6.01 Å². The van der Waals surface area contributed by atoms with Gasteiger partial charge in [0.1, 0.15) is 17.6 Å². The van der Waals surface area contributed by atoms with Gasteiger partial charge in [0.25, 0.3) is 15.6 Å². The first-order valence-corrected chi connectivity index (χ1v) is 22.4. The van der Waals surface area contributed by atoms with E-state index in [9.17, 15) is 63.3 Å². The number of aliphatic carboxylic acids is 1. The molecule has 6 N–H and O–H groups in total. The smallest absolute Gasteiger partial charge is 0.431 e. The molecule has 0 spiro atoms. The van der Waals surface area contributed by atoms with E-state index in [-0.39, 0.29) is 52.2 Å². The molecule has 4 aromatic rings. The Balaban J connectivity index is 0.000000365. The van der Waals surface area contributed by atoms with Crippen molar-refractivity contribution in [2.45, 2.75) is 69.4 Å². The molecule has 2 aromatic heterocycles. The third-order valence-electron chi connectivity index (χ3n) is 7.86. The highest BCUT2D eigenvalue weighted by Crippen LogP contribution is 2.35. The van der Waals surface area contributed by atoms with Gasteiger partial charge < -0.3 is 25.2 Å². The van der Waals surface area contributed by atoms with Gasteiger partial charge in [0.15, 0.2) is 7.37 Å². The summed E-state index contributed by atoms with van der Waals surface area (Å²) in [5, 5.41) is 10.4. The van der Waals surface area contributed by atoms with Crippen LogP contribution in [0.2, 0.25) is 5.02 Å². The molecule has 2 aromatic carbocycles. The molecule has 0 aliphatic heterocycles. The van der Waals surface area contributed by atoms with Crippen LogP contribution in [0.25, 0.3) is 5.69 Å². The number of nitrogens with two attached hydrogens (primary N) is 1. The van der Waals surface area contributed by atoms with Crippen molar-refractivity contribution in [3.63, 3.8) is 0 Å². The highest BCUT2D eigenvalue weighted by molar-refractivity contribution is 7.90. The molecular weight excluding hydrogens is 949 g/mol. The lowest BCUT2D eigenvalue weighted by Crippen LogP contribution is -2.40. The Morgan fingerprint density at radius 1 is 1.02 bits per heavy atom. The Bertz CT molecular complexity index is 2640. The molecular formula is C36H42ClF6N8O12PS. The van der Waals surface area contributed by atoms with Crippen LogP contribution in [0.3, 0.4) is 0 Å². The van der Waals surface area contributed by atoms with Crippen LogP contribution in [0.4, 0.5) is 37.1 Å². The van der Waals surface area contributed by atoms with Gasteiger partial charge in [0.2, 0.25) is 5.95 Å². The fourth-order valence-electron chi connectivity index (χ4n) is 4.88. The summed E-state index contributed by atoms with van der Waals surface area (Å²) in [5.41, 5.74) is 1.02. The van der Waals surface area contributed by atoms with Gasteiger partial charge in [-0.25, -0.2) is 32.1 Å². The average molecular weight is 991 g/mol. The monoisotopic (exact) mass is 990 g/mol. The van der Waals surface area contributed by atoms with Gasteiger partial charge in [-0.1, -0.05) is 29.8 Å². The number of benzene rings is 2. The number of anilines is 1. The number of hydrogen-bond acceptors (Lipinski definition) is 14. The molecule has 0 aliphatic rings. The van der Waals surface area contributed by atoms with Gasteiger partial charge in [-0.3, -0.25) is 24.0 Å². The van der Waals surface area contributed by atoms with Crippen LogP contribution < -0.4 is 31.8 Å². The van der Waals surface area contributed by atoms with E-state index in [1.54, 1.807) is 18.6 Å². The van der Waals surface area contributed by atoms with Gasteiger partial charge in [0.05, 0.1) is 34.4 Å². The zero-order valence-corrected chi connectivity index (χ0v) is 37.4. The van der Waals surface area contributed by atoms with Crippen LogP contribution in [-0.2, 0) is 43.8 Å². The van der Waals surface area contributed by atoms with Crippen molar-refractivity contribution in [3.05, 3.63) is 97.0 Å². The van der Waals surface area contributed by atoms with Gasteiger partial charge in [0, 0.05) is 32.4 Å². The molecule has 2 atom stereocenters. The van der Waals surface area contributed by atoms with Gasteiger partial charge >= 0.3 is 42.0 Å². The number of carbonyl (C=O) groups excluding carboxylic acids is 2. The number of halogens is 7. The quantitative estimate of drug-likeness (QED) is 0.0692. The summed E-state index contributed by atoms with van der Waals surface area (Å²) in [7, 11) is -5.35. The van der Waals surface area contributed by atoms with E-state index in [1.807, 2.05) is 0 Å². The molecule has 2 unspecified atom stereocenters. The maximum atomic E-state index is 12.9. The summed E-state index contributed by atoms with van der Waals surface area (Å²) < 4.78 is 124. The maximum absolute atomic E-state index is 12.9. The fourth-order valence-corrected chi connectivity index (χ4v) is 7.01. The molecule has 0 fully saturated rings. The second kappa shape index (κ2) is 22.8. The first-order valence-electron chi connectivity index (χ1n) is 18.2. The highest BCUT2D eigenvalue weighted by Gasteiger charge is 2.35. The number of carboxylic acids is 1. The number of rotatable bonds is 13. The maximum Gasteiger partial charge on any atom is 0.431 e. The summed E-state index contributed by atoms with van der Waals surface area (Å²) in [4.78, 5) is 78.2. The number of nitrogens with zero attached hydrogens (tertiary/aromatic N) is 5. The Labute approximate surface area is 370 Å². The number of alkyl halides is 6. The number of urea groups is 1. The topological polar surface area (TPSA) is 294 Å². The van der Waals surface area contributed by atoms with Crippen molar-refractivity contribution in [2.75, 3.05) is 25.3 Å². The predicted molar refractivity (Wildman–Crippen MR) is 220 cm³/mol. The van der Waals surface area contributed by atoms with Crippen molar-refractivity contribution >= 4 is 52.9 Å².